The van der Waals surface area contributed by atoms with Crippen LogP contribution in [-0.2, 0) is 4.74 Å². The number of hydrogen-bond acceptors (Lipinski definition) is 1. The lowest BCUT2D eigenvalue weighted by Gasteiger charge is -2.41. The Labute approximate surface area is 70.1 Å². The summed E-state index contributed by atoms with van der Waals surface area (Å²) in [7, 11) is 0. The van der Waals surface area contributed by atoms with Crippen molar-refractivity contribution in [3.8, 4) is 0 Å². The Balaban J connectivity index is 2.63. The molecular formula is C10H20O. The summed E-state index contributed by atoms with van der Waals surface area (Å²) < 4.78 is 5.78. The van der Waals surface area contributed by atoms with Crippen molar-refractivity contribution in [3.63, 3.8) is 0 Å². The lowest BCUT2D eigenvalue weighted by molar-refractivity contribution is -0.116. The topological polar surface area (TPSA) is 9.23 Å². The maximum absolute atomic E-state index is 5.78. The molecule has 1 heteroatoms. The van der Waals surface area contributed by atoms with Crippen molar-refractivity contribution in [1.29, 1.82) is 0 Å². The largest absolute Gasteiger partial charge is 0.375 e. The summed E-state index contributed by atoms with van der Waals surface area (Å²) >= 11 is 0. The standard InChI is InChI=1S/C10H20O/c1-6-7(2)9(4)11-10(5)8(6)3/h6-10H,1-5H3/t6-,7+,8?,9?,10-/m1/s1. The van der Waals surface area contributed by atoms with Crippen molar-refractivity contribution >= 4 is 0 Å². The second-order valence-electron chi connectivity index (χ2n) is 4.12. The van der Waals surface area contributed by atoms with E-state index in [1.807, 2.05) is 0 Å². The van der Waals surface area contributed by atoms with Crippen LogP contribution in [0.4, 0.5) is 0 Å². The second-order valence-corrected chi connectivity index (χ2v) is 4.12. The van der Waals surface area contributed by atoms with Gasteiger partial charge < -0.3 is 4.74 Å². The van der Waals surface area contributed by atoms with E-state index < -0.39 is 0 Å². The Morgan fingerprint density at radius 3 is 1.36 bits per heavy atom. The summed E-state index contributed by atoms with van der Waals surface area (Å²) in [6, 6.07) is 0. The molecule has 0 aromatic rings. The van der Waals surface area contributed by atoms with Crippen molar-refractivity contribution in [2.45, 2.75) is 46.8 Å². The Kier molecular flexibility index (Phi) is 2.58. The normalized spacial score (nSPS) is 52.6. The van der Waals surface area contributed by atoms with Crippen molar-refractivity contribution in [3.05, 3.63) is 0 Å². The van der Waals surface area contributed by atoms with Crippen molar-refractivity contribution in [2.75, 3.05) is 0 Å². The molecule has 1 nitrogen and oxygen atoms in total. The van der Waals surface area contributed by atoms with Crippen molar-refractivity contribution in [2.24, 2.45) is 17.8 Å². The maximum Gasteiger partial charge on any atom is 0.0578 e. The summed E-state index contributed by atoms with van der Waals surface area (Å²) in [6.07, 6.45) is 0.882. The van der Waals surface area contributed by atoms with Gasteiger partial charge in [-0.3, -0.25) is 0 Å². The van der Waals surface area contributed by atoms with Crippen LogP contribution >= 0.6 is 0 Å². The molecule has 1 saturated heterocycles. The third-order valence-corrected chi connectivity index (χ3v) is 3.57. The number of rotatable bonds is 0. The van der Waals surface area contributed by atoms with Gasteiger partial charge in [-0.05, 0) is 31.6 Å². The van der Waals surface area contributed by atoms with Gasteiger partial charge in [0.05, 0.1) is 12.2 Å². The molecule has 0 aromatic heterocycles. The van der Waals surface area contributed by atoms with E-state index in [1.54, 1.807) is 0 Å². The minimum atomic E-state index is 0.441. The SMILES string of the molecule is CC1O[C@H](C)C(C)[C@H](C)[C@@H]1C. The van der Waals surface area contributed by atoms with Crippen LogP contribution in [0.15, 0.2) is 0 Å². The first-order valence-corrected chi connectivity index (χ1v) is 4.69. The first-order chi connectivity index (χ1) is 5.04. The van der Waals surface area contributed by atoms with Crippen LogP contribution in [0.1, 0.15) is 34.6 Å². The molecule has 0 aromatic carbocycles. The molecule has 1 aliphatic rings. The third-order valence-electron chi connectivity index (χ3n) is 3.57. The first-order valence-electron chi connectivity index (χ1n) is 4.69. The van der Waals surface area contributed by atoms with Gasteiger partial charge in [-0.15, -0.1) is 0 Å². The van der Waals surface area contributed by atoms with E-state index in [1.165, 1.54) is 0 Å². The van der Waals surface area contributed by atoms with Gasteiger partial charge in [0.2, 0.25) is 0 Å². The molecule has 0 amide bonds. The summed E-state index contributed by atoms with van der Waals surface area (Å²) in [5.41, 5.74) is 0. The summed E-state index contributed by atoms with van der Waals surface area (Å²) in [4.78, 5) is 0. The molecule has 1 heterocycles. The van der Waals surface area contributed by atoms with E-state index in [2.05, 4.69) is 34.6 Å². The highest BCUT2D eigenvalue weighted by Crippen LogP contribution is 2.34. The molecule has 2 unspecified atom stereocenters. The predicted octanol–water partition coefficient (Wildman–Crippen LogP) is 2.70. The quantitative estimate of drug-likeness (QED) is 0.524. The molecule has 0 radical (unpaired) electrons. The zero-order valence-electron chi connectivity index (χ0n) is 8.29. The molecule has 1 rings (SSSR count). The number of ether oxygens (including phenoxy) is 1. The molecule has 0 spiro atoms. The van der Waals surface area contributed by atoms with Crippen LogP contribution in [0.3, 0.4) is 0 Å². The van der Waals surface area contributed by atoms with Crippen molar-refractivity contribution in [1.82, 2.24) is 0 Å². The lowest BCUT2D eigenvalue weighted by atomic mass is 9.77. The fourth-order valence-corrected chi connectivity index (χ4v) is 1.92. The fraction of sp³-hybridized carbons (Fsp3) is 1.00. The smallest absolute Gasteiger partial charge is 0.0578 e. The summed E-state index contributed by atoms with van der Waals surface area (Å²) in [5, 5.41) is 0. The molecule has 0 aliphatic carbocycles. The van der Waals surface area contributed by atoms with Crippen LogP contribution in [0, 0.1) is 17.8 Å². The minimum absolute atomic E-state index is 0.441. The molecule has 5 atom stereocenters. The van der Waals surface area contributed by atoms with E-state index in [-0.39, 0.29) is 0 Å². The average molecular weight is 156 g/mol. The van der Waals surface area contributed by atoms with Crippen LogP contribution in [0.5, 0.6) is 0 Å². The van der Waals surface area contributed by atoms with E-state index in [0.29, 0.717) is 24.0 Å². The zero-order valence-corrected chi connectivity index (χ0v) is 8.29. The summed E-state index contributed by atoms with van der Waals surface area (Å²) in [6.45, 7) is 11.3. The third kappa shape index (κ3) is 1.58. The molecule has 66 valence electrons. The van der Waals surface area contributed by atoms with Crippen molar-refractivity contribution < 1.29 is 4.74 Å². The summed E-state index contributed by atoms with van der Waals surface area (Å²) in [5.74, 6) is 2.22. The van der Waals surface area contributed by atoms with E-state index in [0.717, 1.165) is 5.92 Å². The van der Waals surface area contributed by atoms with Gasteiger partial charge >= 0.3 is 0 Å². The molecule has 0 bridgehead atoms. The predicted molar refractivity (Wildman–Crippen MR) is 47.5 cm³/mol. The Bertz CT molecular complexity index is 119. The molecule has 0 saturated carbocycles. The van der Waals surface area contributed by atoms with Gasteiger partial charge in [0.1, 0.15) is 0 Å². The van der Waals surface area contributed by atoms with Crippen LogP contribution in [0.25, 0.3) is 0 Å². The highest BCUT2D eigenvalue weighted by Gasteiger charge is 2.34. The van der Waals surface area contributed by atoms with Gasteiger partial charge in [-0.2, -0.15) is 0 Å². The molecule has 0 N–H and O–H groups in total. The van der Waals surface area contributed by atoms with Crippen LogP contribution < -0.4 is 0 Å². The zero-order chi connectivity index (χ0) is 8.59. The van der Waals surface area contributed by atoms with Crippen LogP contribution in [-0.4, -0.2) is 12.2 Å². The second kappa shape index (κ2) is 3.14. The average Bonchev–Trinajstić information content (AvgIpc) is 1.97. The maximum atomic E-state index is 5.78. The Morgan fingerprint density at radius 2 is 1.00 bits per heavy atom. The molecule has 11 heavy (non-hydrogen) atoms. The first kappa shape index (κ1) is 9.05. The highest BCUT2D eigenvalue weighted by molar-refractivity contribution is 4.81. The Hall–Kier alpha value is -0.0400. The number of hydrogen-bond donors (Lipinski definition) is 0. The van der Waals surface area contributed by atoms with E-state index in [4.69, 9.17) is 4.74 Å². The fourth-order valence-electron chi connectivity index (χ4n) is 1.92. The lowest BCUT2D eigenvalue weighted by Crippen LogP contribution is -2.41. The van der Waals surface area contributed by atoms with Gasteiger partial charge in [0.15, 0.2) is 0 Å². The van der Waals surface area contributed by atoms with Gasteiger partial charge in [0, 0.05) is 0 Å². The molecule has 1 aliphatic heterocycles. The van der Waals surface area contributed by atoms with Crippen LogP contribution in [0.2, 0.25) is 0 Å². The van der Waals surface area contributed by atoms with E-state index in [9.17, 15) is 0 Å². The monoisotopic (exact) mass is 156 g/mol. The van der Waals surface area contributed by atoms with Gasteiger partial charge in [0.25, 0.3) is 0 Å². The Morgan fingerprint density at radius 1 is 0.636 bits per heavy atom. The van der Waals surface area contributed by atoms with E-state index >= 15 is 0 Å². The molecular weight excluding hydrogens is 136 g/mol. The molecule has 1 fully saturated rings. The van der Waals surface area contributed by atoms with Gasteiger partial charge in [-0.25, -0.2) is 0 Å². The van der Waals surface area contributed by atoms with Gasteiger partial charge in [-0.1, -0.05) is 20.8 Å². The minimum Gasteiger partial charge on any atom is -0.375 e. The highest BCUT2D eigenvalue weighted by atomic mass is 16.5.